The normalized spacial score (nSPS) is 18.4. The van der Waals surface area contributed by atoms with Gasteiger partial charge in [-0.15, -0.1) is 0 Å². The molecule has 2 aliphatic carbocycles. The molecular weight excluding hydrogens is 340 g/mol. The van der Waals surface area contributed by atoms with Gasteiger partial charge in [-0.2, -0.15) is 0 Å². The first kappa shape index (κ1) is 17.8. The number of esters is 2. The Morgan fingerprint density at radius 2 is 1.33 bits per heavy atom. The number of ether oxygens (including phenoxy) is 2. The molecule has 0 atom stereocenters. The molecule has 4 nitrogen and oxygen atoms in total. The Morgan fingerprint density at radius 3 is 1.81 bits per heavy atom. The average molecular weight is 364 g/mol. The topological polar surface area (TPSA) is 52.6 Å². The van der Waals surface area contributed by atoms with Crippen LogP contribution < -0.4 is 0 Å². The monoisotopic (exact) mass is 364 g/mol. The molecule has 2 aromatic rings. The van der Waals surface area contributed by atoms with E-state index in [1.54, 1.807) is 12.1 Å². The Bertz CT molecular complexity index is 856. The third kappa shape index (κ3) is 3.48. The quantitative estimate of drug-likeness (QED) is 0.712. The van der Waals surface area contributed by atoms with Gasteiger partial charge in [-0.3, -0.25) is 0 Å². The van der Waals surface area contributed by atoms with Crippen LogP contribution in [0.1, 0.15) is 64.4 Å². The van der Waals surface area contributed by atoms with E-state index in [0.29, 0.717) is 23.1 Å². The number of hydrogen-bond acceptors (Lipinski definition) is 4. The highest BCUT2D eigenvalue weighted by molar-refractivity contribution is 5.90. The molecular formula is C23H24O4. The number of carbonyl (C=O) groups is 2. The molecule has 2 saturated carbocycles. The van der Waals surface area contributed by atoms with Crippen LogP contribution in [0.4, 0.5) is 0 Å². The minimum Gasteiger partial charge on any atom is -0.465 e. The van der Waals surface area contributed by atoms with Crippen molar-refractivity contribution in [2.24, 2.45) is 0 Å². The molecule has 2 fully saturated rings. The molecule has 0 aromatic heterocycles. The summed E-state index contributed by atoms with van der Waals surface area (Å²) in [5.74, 6) is -0.624. The Labute approximate surface area is 159 Å². The second-order valence-corrected chi connectivity index (χ2v) is 8.06. The second kappa shape index (κ2) is 6.52. The molecule has 2 aliphatic rings. The number of carbonyl (C=O) groups excluding carboxylic acids is 2. The van der Waals surface area contributed by atoms with Crippen molar-refractivity contribution in [3.05, 3.63) is 70.8 Å². The summed E-state index contributed by atoms with van der Waals surface area (Å²) in [6.45, 7) is 2.62. The van der Waals surface area contributed by atoms with E-state index in [2.05, 4.69) is 6.92 Å². The lowest BCUT2D eigenvalue weighted by Crippen LogP contribution is -2.19. The number of methoxy groups -OCH3 is 1. The third-order valence-corrected chi connectivity index (χ3v) is 6.07. The van der Waals surface area contributed by atoms with Crippen LogP contribution in [0.2, 0.25) is 0 Å². The summed E-state index contributed by atoms with van der Waals surface area (Å²) in [6, 6.07) is 15.2. The van der Waals surface area contributed by atoms with Gasteiger partial charge < -0.3 is 9.47 Å². The van der Waals surface area contributed by atoms with E-state index in [-0.39, 0.29) is 17.4 Å². The van der Waals surface area contributed by atoms with E-state index in [9.17, 15) is 9.59 Å². The van der Waals surface area contributed by atoms with Gasteiger partial charge in [0.05, 0.1) is 18.2 Å². The lowest BCUT2D eigenvalue weighted by Gasteiger charge is -2.16. The largest absolute Gasteiger partial charge is 0.465 e. The molecule has 4 heteroatoms. The van der Waals surface area contributed by atoms with Crippen molar-refractivity contribution in [2.45, 2.75) is 43.4 Å². The predicted octanol–water partition coefficient (Wildman–Crippen LogP) is 4.41. The zero-order valence-electron chi connectivity index (χ0n) is 15.8. The standard InChI is InChI=1S/C23H24O4/c1-22(11-12-22)18-7-3-17(4-8-18)21(25)27-15-23(13-14-23)19-9-5-16(6-10-19)20(24)26-2/h3-10H,11-15H2,1-2H3. The molecule has 4 rings (SSSR count). The lowest BCUT2D eigenvalue weighted by molar-refractivity contribution is 0.0465. The smallest absolute Gasteiger partial charge is 0.338 e. The van der Waals surface area contributed by atoms with Crippen LogP contribution in [0.15, 0.2) is 48.5 Å². The van der Waals surface area contributed by atoms with Crippen LogP contribution in [-0.2, 0) is 20.3 Å². The second-order valence-electron chi connectivity index (χ2n) is 8.06. The maximum atomic E-state index is 12.4. The molecule has 0 aliphatic heterocycles. The van der Waals surface area contributed by atoms with E-state index in [1.807, 2.05) is 36.4 Å². The molecule has 27 heavy (non-hydrogen) atoms. The van der Waals surface area contributed by atoms with Crippen LogP contribution >= 0.6 is 0 Å². The number of benzene rings is 2. The molecule has 0 radical (unpaired) electrons. The summed E-state index contributed by atoms with van der Waals surface area (Å²) in [5, 5.41) is 0. The molecule has 2 aromatic carbocycles. The van der Waals surface area contributed by atoms with Crippen LogP contribution in [-0.4, -0.2) is 25.7 Å². The molecule has 0 amide bonds. The molecule has 0 heterocycles. The lowest BCUT2D eigenvalue weighted by atomic mass is 9.95. The fraction of sp³-hybridized carbons (Fsp3) is 0.391. The fourth-order valence-corrected chi connectivity index (χ4v) is 3.52. The molecule has 0 saturated heterocycles. The SMILES string of the molecule is COC(=O)c1ccc(C2(COC(=O)c3ccc(C4(C)CC4)cc3)CC2)cc1. The maximum Gasteiger partial charge on any atom is 0.338 e. The van der Waals surface area contributed by atoms with E-state index in [1.165, 1.54) is 25.5 Å². The van der Waals surface area contributed by atoms with Gasteiger partial charge in [0.1, 0.15) is 6.61 Å². The fourth-order valence-electron chi connectivity index (χ4n) is 3.52. The average Bonchev–Trinajstić information content (AvgIpc) is 3.64. The summed E-state index contributed by atoms with van der Waals surface area (Å²) in [4.78, 5) is 24.0. The number of hydrogen-bond donors (Lipinski definition) is 0. The van der Waals surface area contributed by atoms with Crippen LogP contribution in [0.3, 0.4) is 0 Å². The van der Waals surface area contributed by atoms with Gasteiger partial charge >= 0.3 is 11.9 Å². The highest BCUT2D eigenvalue weighted by atomic mass is 16.5. The summed E-state index contributed by atoms with van der Waals surface area (Å²) < 4.78 is 10.3. The zero-order valence-corrected chi connectivity index (χ0v) is 15.8. The van der Waals surface area contributed by atoms with E-state index in [0.717, 1.165) is 18.4 Å². The van der Waals surface area contributed by atoms with Crippen molar-refractivity contribution in [2.75, 3.05) is 13.7 Å². The van der Waals surface area contributed by atoms with Crippen molar-refractivity contribution in [1.29, 1.82) is 0 Å². The van der Waals surface area contributed by atoms with E-state index in [4.69, 9.17) is 9.47 Å². The first-order chi connectivity index (χ1) is 13.0. The molecule has 0 bridgehead atoms. The molecule has 0 spiro atoms. The van der Waals surface area contributed by atoms with Gasteiger partial charge in [0.15, 0.2) is 0 Å². The first-order valence-electron chi connectivity index (χ1n) is 9.42. The van der Waals surface area contributed by atoms with Crippen molar-refractivity contribution in [3.8, 4) is 0 Å². The predicted molar refractivity (Wildman–Crippen MR) is 102 cm³/mol. The maximum absolute atomic E-state index is 12.4. The van der Waals surface area contributed by atoms with Gasteiger partial charge in [-0.1, -0.05) is 31.2 Å². The minimum atomic E-state index is -0.346. The van der Waals surface area contributed by atoms with Crippen molar-refractivity contribution < 1.29 is 19.1 Å². The summed E-state index contributed by atoms with van der Waals surface area (Å²) in [7, 11) is 1.37. The Kier molecular flexibility index (Phi) is 4.29. The Hall–Kier alpha value is -2.62. The van der Waals surface area contributed by atoms with Gasteiger partial charge in [0, 0.05) is 5.41 Å². The van der Waals surface area contributed by atoms with Gasteiger partial charge in [-0.05, 0) is 66.5 Å². The van der Waals surface area contributed by atoms with Crippen LogP contribution in [0.25, 0.3) is 0 Å². The highest BCUT2D eigenvalue weighted by Gasteiger charge is 2.45. The summed E-state index contributed by atoms with van der Waals surface area (Å²) >= 11 is 0. The van der Waals surface area contributed by atoms with Crippen molar-refractivity contribution in [3.63, 3.8) is 0 Å². The van der Waals surface area contributed by atoms with Gasteiger partial charge in [0.25, 0.3) is 0 Å². The van der Waals surface area contributed by atoms with Crippen molar-refractivity contribution in [1.82, 2.24) is 0 Å². The van der Waals surface area contributed by atoms with E-state index < -0.39 is 0 Å². The van der Waals surface area contributed by atoms with Crippen LogP contribution in [0.5, 0.6) is 0 Å². The zero-order chi connectivity index (χ0) is 19.1. The van der Waals surface area contributed by atoms with Crippen LogP contribution in [0, 0.1) is 0 Å². The first-order valence-corrected chi connectivity index (χ1v) is 9.42. The Morgan fingerprint density at radius 1 is 0.815 bits per heavy atom. The minimum absolute atomic E-state index is 0.119. The summed E-state index contributed by atoms with van der Waals surface area (Å²) in [6.07, 6.45) is 4.40. The van der Waals surface area contributed by atoms with E-state index >= 15 is 0 Å². The summed E-state index contributed by atoms with van der Waals surface area (Å²) in [5.41, 5.74) is 3.70. The molecule has 0 unspecified atom stereocenters. The number of rotatable bonds is 6. The molecule has 0 N–H and O–H groups in total. The highest BCUT2D eigenvalue weighted by Crippen LogP contribution is 2.49. The van der Waals surface area contributed by atoms with Gasteiger partial charge in [0.2, 0.25) is 0 Å². The van der Waals surface area contributed by atoms with Crippen molar-refractivity contribution >= 4 is 11.9 Å². The third-order valence-electron chi connectivity index (χ3n) is 6.07. The molecule has 140 valence electrons. The van der Waals surface area contributed by atoms with Gasteiger partial charge in [-0.25, -0.2) is 9.59 Å². The Balaban J connectivity index is 1.39.